The van der Waals surface area contributed by atoms with Crippen molar-refractivity contribution in [3.8, 4) is 0 Å². The number of nitrogens with one attached hydrogen (secondary N) is 1. The summed E-state index contributed by atoms with van der Waals surface area (Å²) >= 11 is 0. The first-order chi connectivity index (χ1) is 28.1. The number of aliphatic hydroxyl groups is 2. The second-order valence-corrected chi connectivity index (χ2v) is 18.7. The Kier molecular flexibility index (Phi) is 14.1. The Hall–Kier alpha value is -3.16. The monoisotopic (exact) mass is 848 g/mol. The van der Waals surface area contributed by atoms with Crippen LogP contribution in [0.5, 0.6) is 0 Å². The molecule has 0 spiro atoms. The smallest absolute Gasteiger partial charge is 0.300 e. The molecule has 7 saturated heterocycles. The normalized spacial score (nSPS) is 34.6. The minimum atomic E-state index is -0.917. The summed E-state index contributed by atoms with van der Waals surface area (Å²) in [5, 5.41) is 24.1. The largest absolute Gasteiger partial charge is 0.387 e. The maximum absolute atomic E-state index is 12.7. The number of aliphatic hydroxyl groups excluding tert-OH is 2. The van der Waals surface area contributed by atoms with Gasteiger partial charge in [-0.3, -0.25) is 33.7 Å². The van der Waals surface area contributed by atoms with Crippen molar-refractivity contribution in [1.29, 1.82) is 0 Å². The number of ketones is 2. The van der Waals surface area contributed by atoms with Gasteiger partial charge in [0.25, 0.3) is 11.8 Å². The van der Waals surface area contributed by atoms with Crippen LogP contribution in [-0.2, 0) is 52.4 Å². The van der Waals surface area contributed by atoms with Crippen molar-refractivity contribution in [3.63, 3.8) is 0 Å². The van der Waals surface area contributed by atoms with Crippen LogP contribution in [0.4, 0.5) is 0 Å². The molecule has 0 radical (unpaired) electrons. The fraction of sp³-hybridized carbons (Fsp3) is 0.854. The topological polar surface area (TPSA) is 233 Å². The molecular weight excluding hydrogens is 784 g/mol. The van der Waals surface area contributed by atoms with E-state index >= 15 is 0 Å². The minimum Gasteiger partial charge on any atom is -0.387 e. The zero-order valence-electron chi connectivity index (χ0n) is 35.8. The lowest BCUT2D eigenvalue weighted by Gasteiger charge is -2.40. The molecule has 60 heavy (non-hydrogen) atoms. The summed E-state index contributed by atoms with van der Waals surface area (Å²) in [7, 11) is 0. The van der Waals surface area contributed by atoms with Crippen molar-refractivity contribution in [2.24, 2.45) is 5.73 Å². The molecule has 9 atom stereocenters. The first-order valence-electron chi connectivity index (χ1n) is 21.3. The van der Waals surface area contributed by atoms with E-state index in [0.29, 0.717) is 58.4 Å². The van der Waals surface area contributed by atoms with E-state index in [4.69, 9.17) is 40.7 Å². The van der Waals surface area contributed by atoms with E-state index in [1.54, 1.807) is 42.4 Å². The van der Waals surface area contributed by atoms with E-state index in [9.17, 15) is 34.2 Å². The van der Waals surface area contributed by atoms with Crippen molar-refractivity contribution < 1.29 is 62.6 Å². The molecule has 7 heterocycles. The third-order valence-electron chi connectivity index (χ3n) is 12.7. The third kappa shape index (κ3) is 10.9. The van der Waals surface area contributed by atoms with Gasteiger partial charge >= 0.3 is 6.17 Å². The maximum Gasteiger partial charge on any atom is 0.300 e. The Balaban J connectivity index is 0.000000213. The van der Waals surface area contributed by atoms with Crippen LogP contribution in [0, 0.1) is 6.57 Å². The van der Waals surface area contributed by atoms with Crippen LogP contribution in [0.15, 0.2) is 0 Å². The van der Waals surface area contributed by atoms with Crippen LogP contribution in [0.2, 0.25) is 0 Å². The van der Waals surface area contributed by atoms with Gasteiger partial charge in [-0.15, -0.1) is 0 Å². The first kappa shape index (κ1) is 46.3. The second kappa shape index (κ2) is 18.3. The van der Waals surface area contributed by atoms with Gasteiger partial charge in [0.1, 0.15) is 24.4 Å². The number of ether oxygens (including phenoxy) is 6. The lowest BCUT2D eigenvalue weighted by molar-refractivity contribution is -0.215. The molecule has 7 rings (SSSR count). The van der Waals surface area contributed by atoms with Crippen molar-refractivity contribution in [2.45, 2.75) is 184 Å². The molecule has 3 amide bonds. The van der Waals surface area contributed by atoms with Gasteiger partial charge in [0, 0.05) is 63.1 Å². The van der Waals surface area contributed by atoms with E-state index in [1.165, 1.54) is 0 Å². The van der Waals surface area contributed by atoms with Crippen LogP contribution in [0.1, 0.15) is 106 Å². The second-order valence-electron chi connectivity index (χ2n) is 18.7. The lowest BCUT2D eigenvalue weighted by atomic mass is 9.89. The summed E-state index contributed by atoms with van der Waals surface area (Å²) in [5.74, 6) is -3.66. The Bertz CT molecular complexity index is 1650. The number of carbonyl (C=O) groups excluding carboxylic acids is 5. The molecule has 0 aromatic rings. The van der Waals surface area contributed by atoms with Crippen LogP contribution >= 0.6 is 0 Å². The molecule has 19 heteroatoms. The van der Waals surface area contributed by atoms with Gasteiger partial charge in [-0.1, -0.05) is 0 Å². The average Bonchev–Trinajstić information content (AvgIpc) is 3.99. The quantitative estimate of drug-likeness (QED) is 0.162. The van der Waals surface area contributed by atoms with E-state index in [-0.39, 0.29) is 55.4 Å². The van der Waals surface area contributed by atoms with Gasteiger partial charge < -0.3 is 59.5 Å². The predicted molar refractivity (Wildman–Crippen MR) is 210 cm³/mol. The highest BCUT2D eigenvalue weighted by Crippen LogP contribution is 2.40. The molecule has 0 aliphatic carbocycles. The summed E-state index contributed by atoms with van der Waals surface area (Å²) in [6, 6.07) is 0. The van der Waals surface area contributed by atoms with Crippen molar-refractivity contribution >= 4 is 29.3 Å². The van der Waals surface area contributed by atoms with E-state index in [0.717, 1.165) is 12.8 Å². The number of nitrogens with zero attached hydrogens (tertiary/aromatic N) is 4. The number of amides is 3. The Morgan fingerprint density at radius 3 is 1.60 bits per heavy atom. The summed E-state index contributed by atoms with van der Waals surface area (Å²) in [5.41, 5.74) is 5.45. The van der Waals surface area contributed by atoms with Gasteiger partial charge in [0.2, 0.25) is 17.5 Å². The number of piperidine rings is 2. The van der Waals surface area contributed by atoms with E-state index < -0.39 is 84.2 Å². The van der Waals surface area contributed by atoms with Gasteiger partial charge in [-0.2, -0.15) is 0 Å². The number of nitrogens with two attached hydrogens (primary N) is 1. The molecule has 7 fully saturated rings. The molecule has 7 aliphatic rings. The van der Waals surface area contributed by atoms with Crippen molar-refractivity contribution in [3.05, 3.63) is 11.4 Å². The average molecular weight is 849 g/mol. The summed E-state index contributed by atoms with van der Waals surface area (Å²) < 4.78 is 33.8. The number of Topliss-reactive ketones (excluding diaryl/α,β-unsaturated/α-hetero) is 2. The number of hydrogen-bond donors (Lipinski definition) is 4. The molecular formula is C41H64N6O13. The van der Waals surface area contributed by atoms with Crippen LogP contribution < -0.4 is 11.1 Å². The summed E-state index contributed by atoms with van der Waals surface area (Å²) in [4.78, 5) is 70.5. The third-order valence-corrected chi connectivity index (χ3v) is 12.7. The Morgan fingerprint density at radius 1 is 0.717 bits per heavy atom. The standard InChI is InChI=1S/C24H36N4O7.C17H28N2O6/c1-23(2)34-20-19(31)16(33-22(20)35-23)8-7-15(29)21(32)27-12-9-24(3,10-13-27)26-14-18(30)28-11-5-6-17(28)25-4;1-16(2)24-13-12(21)11(23-15(13)25-16)5-4-10(20)14(22)19-8-6-17(3,18)7-9-19/h16-17,19-20,22,26,31H,5-14H2,1-3H3;11-13,15,21H,4-9,18H2,1-3H3/t16-,17+,19+,20-,22-;11-,12+,13-,15-/m11/s1. The van der Waals surface area contributed by atoms with Gasteiger partial charge in [0.15, 0.2) is 24.2 Å². The Labute approximate surface area is 351 Å². The lowest BCUT2D eigenvalue weighted by Crippen LogP contribution is -2.55. The van der Waals surface area contributed by atoms with Crippen molar-refractivity contribution in [2.75, 3.05) is 39.3 Å². The number of likely N-dealkylation sites (tertiary alicyclic amines) is 3. The molecule has 0 saturated carbocycles. The zero-order chi connectivity index (χ0) is 43.8. The number of fused-ring (bicyclic) bond motifs is 2. The van der Waals surface area contributed by atoms with E-state index in [2.05, 4.69) is 10.2 Å². The van der Waals surface area contributed by atoms with Crippen LogP contribution in [0.3, 0.4) is 0 Å². The molecule has 0 bridgehead atoms. The highest BCUT2D eigenvalue weighted by molar-refractivity contribution is 6.36. The predicted octanol–water partition coefficient (Wildman–Crippen LogP) is 0.324. The minimum absolute atomic E-state index is 0.0258. The highest BCUT2D eigenvalue weighted by Gasteiger charge is 2.55. The SMILES string of the molecule is CC1(N)CCN(C(=O)C(=O)CC[C@H]2O[C@@H]3OC(C)(C)O[C@@H]3[C@H]2O)CC1.[C-]#[N+][C@@H]1CCCN1C(=O)CNC1(C)CCN(C(=O)C(=O)CC[C@H]2O[C@@H]3OC(C)(C)O[C@@H]3[C@H]2O)CC1. The molecule has 0 unspecified atom stereocenters. The number of hydrogen-bond acceptors (Lipinski definition) is 15. The summed E-state index contributed by atoms with van der Waals surface area (Å²) in [6.07, 6.45) is -1.16. The molecule has 0 aromatic carbocycles. The maximum atomic E-state index is 12.7. The first-order valence-corrected chi connectivity index (χ1v) is 21.3. The fourth-order valence-corrected chi connectivity index (χ4v) is 8.87. The number of carbonyl (C=O) groups is 5. The molecule has 336 valence electrons. The fourth-order valence-electron chi connectivity index (χ4n) is 8.87. The van der Waals surface area contributed by atoms with Crippen LogP contribution in [0.25, 0.3) is 4.85 Å². The van der Waals surface area contributed by atoms with Crippen LogP contribution in [-0.4, -0.2) is 171 Å². The molecule has 0 aromatic heterocycles. The highest BCUT2D eigenvalue weighted by atomic mass is 16.8. The van der Waals surface area contributed by atoms with Gasteiger partial charge in [-0.25, -0.2) is 6.57 Å². The van der Waals surface area contributed by atoms with Crippen molar-refractivity contribution in [1.82, 2.24) is 20.0 Å². The van der Waals surface area contributed by atoms with E-state index in [1.807, 2.05) is 13.8 Å². The molecule has 19 nitrogen and oxygen atoms in total. The van der Waals surface area contributed by atoms with Gasteiger partial charge in [-0.05, 0) is 86.5 Å². The molecule has 5 N–H and O–H groups in total. The van der Waals surface area contributed by atoms with Gasteiger partial charge in [0.05, 0.1) is 18.8 Å². The number of rotatable bonds is 11. The zero-order valence-corrected chi connectivity index (χ0v) is 35.8. The Morgan fingerprint density at radius 2 is 1.17 bits per heavy atom. The summed E-state index contributed by atoms with van der Waals surface area (Å²) in [6.45, 7) is 20.8. The molecule has 7 aliphatic heterocycles.